The van der Waals surface area contributed by atoms with Gasteiger partial charge in [0.1, 0.15) is 22.9 Å². The third kappa shape index (κ3) is 17.9. The minimum atomic E-state index is -0.833. The number of aryl methyl sites for hydroxylation is 2. The minimum absolute atomic E-state index is 0. The van der Waals surface area contributed by atoms with Gasteiger partial charge in [-0.1, -0.05) is 12.1 Å². The van der Waals surface area contributed by atoms with Gasteiger partial charge in [-0.05, 0) is 59.6 Å². The van der Waals surface area contributed by atoms with Crippen molar-refractivity contribution < 1.29 is 47.1 Å². The molecule has 0 bridgehead atoms. The summed E-state index contributed by atoms with van der Waals surface area (Å²) in [4.78, 5) is 37.9. The largest absolute Gasteiger partial charge is 0.506 e. The second-order valence-corrected chi connectivity index (χ2v) is 5.20. The van der Waals surface area contributed by atoms with Crippen molar-refractivity contribution >= 4 is 23.3 Å². The van der Waals surface area contributed by atoms with Crippen molar-refractivity contribution in [2.24, 2.45) is 10.4 Å². The fourth-order valence-electron chi connectivity index (χ4n) is 1.41. The molecular weight excluding hydrogens is 436 g/mol. The molecule has 0 amide bonds. The Morgan fingerprint density at radius 2 is 0.966 bits per heavy atom. The van der Waals surface area contributed by atoms with Gasteiger partial charge in [-0.3, -0.25) is 9.59 Å². The first-order valence-electron chi connectivity index (χ1n) is 7.59. The number of nitroso groups, excluding NO2 is 2. The van der Waals surface area contributed by atoms with Gasteiger partial charge < -0.3 is 20.4 Å². The fraction of sp³-hybridized carbons (Fsp3) is 0.222. The van der Waals surface area contributed by atoms with Crippen LogP contribution in [0.2, 0.25) is 0 Å². The SMILES string of the molecule is CC(=O)O.CC(=O)O.Cc1ccc(O)c(N=O)c1.Cc1ccc(O)c(N=O)c1.[Cu]. The van der Waals surface area contributed by atoms with E-state index in [0.29, 0.717) is 0 Å². The van der Waals surface area contributed by atoms with E-state index in [1.54, 1.807) is 12.1 Å². The summed E-state index contributed by atoms with van der Waals surface area (Å²) in [5.74, 6) is -1.80. The minimum Gasteiger partial charge on any atom is -0.506 e. The number of aliphatic carboxylic acids is 2. The van der Waals surface area contributed by atoms with Crippen molar-refractivity contribution in [2.45, 2.75) is 27.7 Å². The van der Waals surface area contributed by atoms with Crippen molar-refractivity contribution in [3.8, 4) is 11.5 Å². The van der Waals surface area contributed by atoms with Gasteiger partial charge in [-0.2, -0.15) is 0 Å². The van der Waals surface area contributed by atoms with E-state index in [0.717, 1.165) is 25.0 Å². The average molecular weight is 458 g/mol. The quantitative estimate of drug-likeness (QED) is 0.379. The van der Waals surface area contributed by atoms with E-state index in [4.69, 9.17) is 30.0 Å². The zero-order valence-electron chi connectivity index (χ0n) is 16.1. The summed E-state index contributed by atoms with van der Waals surface area (Å²) >= 11 is 0. The van der Waals surface area contributed by atoms with Gasteiger partial charge in [-0.15, -0.1) is 9.81 Å². The molecule has 0 aliphatic heterocycles. The predicted octanol–water partition coefficient (Wildman–Crippen LogP) is 4.38. The number of carboxylic acids is 2. The van der Waals surface area contributed by atoms with Crippen LogP contribution in [0.15, 0.2) is 46.8 Å². The Morgan fingerprint density at radius 3 is 1.14 bits per heavy atom. The predicted molar refractivity (Wildman–Crippen MR) is 103 cm³/mol. The number of phenols is 2. The number of phenolic OH excluding ortho intramolecular Hbond substituents is 2. The van der Waals surface area contributed by atoms with Crippen LogP contribution in [0.5, 0.6) is 11.5 Å². The number of benzene rings is 2. The molecule has 0 aliphatic rings. The molecule has 0 heterocycles. The number of carboxylic acid groups (broad SMARTS) is 2. The van der Waals surface area contributed by atoms with Crippen molar-refractivity contribution in [1.29, 1.82) is 0 Å². The Bertz CT molecular complexity index is 737. The molecule has 0 saturated carbocycles. The molecule has 2 aromatic carbocycles. The molecule has 0 saturated heterocycles. The molecule has 10 nitrogen and oxygen atoms in total. The van der Waals surface area contributed by atoms with Crippen LogP contribution in [-0.2, 0) is 26.7 Å². The molecule has 0 aliphatic carbocycles. The van der Waals surface area contributed by atoms with Crippen LogP contribution in [0.1, 0.15) is 25.0 Å². The number of nitrogens with zero attached hydrogens (tertiary/aromatic N) is 2. The van der Waals surface area contributed by atoms with Crippen LogP contribution in [0.3, 0.4) is 0 Å². The number of carbonyl (C=O) groups is 2. The summed E-state index contributed by atoms with van der Waals surface area (Å²) in [6, 6.07) is 9.39. The molecule has 0 aromatic heterocycles. The first kappa shape index (κ1) is 30.4. The molecule has 2 aromatic rings. The summed E-state index contributed by atoms with van der Waals surface area (Å²) in [5, 5.41) is 38.0. The molecule has 0 atom stereocenters. The molecule has 163 valence electrons. The van der Waals surface area contributed by atoms with Gasteiger partial charge in [0.15, 0.2) is 0 Å². The van der Waals surface area contributed by atoms with E-state index in [-0.39, 0.29) is 39.9 Å². The second kappa shape index (κ2) is 16.8. The molecule has 0 fully saturated rings. The van der Waals surface area contributed by atoms with Crippen molar-refractivity contribution in [1.82, 2.24) is 0 Å². The molecule has 1 radical (unpaired) electrons. The van der Waals surface area contributed by atoms with Crippen LogP contribution in [0, 0.1) is 23.7 Å². The van der Waals surface area contributed by atoms with Gasteiger partial charge in [0.25, 0.3) is 11.9 Å². The van der Waals surface area contributed by atoms with E-state index >= 15 is 0 Å². The van der Waals surface area contributed by atoms with Crippen LogP contribution < -0.4 is 0 Å². The normalized spacial score (nSPS) is 8.14. The van der Waals surface area contributed by atoms with Crippen LogP contribution >= 0.6 is 0 Å². The van der Waals surface area contributed by atoms with Crippen molar-refractivity contribution in [3.05, 3.63) is 57.3 Å². The second-order valence-electron chi connectivity index (χ2n) is 5.20. The van der Waals surface area contributed by atoms with Crippen molar-refractivity contribution in [3.63, 3.8) is 0 Å². The molecule has 11 heteroatoms. The Morgan fingerprint density at radius 1 is 0.724 bits per heavy atom. The first-order chi connectivity index (χ1) is 12.9. The number of aromatic hydroxyl groups is 2. The first-order valence-corrected chi connectivity index (χ1v) is 7.59. The summed E-state index contributed by atoms with van der Waals surface area (Å²) in [7, 11) is 0. The Kier molecular flexibility index (Phi) is 17.7. The number of hydrogen-bond donors (Lipinski definition) is 4. The van der Waals surface area contributed by atoms with E-state index in [9.17, 15) is 9.81 Å². The Labute approximate surface area is 177 Å². The fourth-order valence-corrected chi connectivity index (χ4v) is 1.41. The van der Waals surface area contributed by atoms with E-state index in [1.165, 1.54) is 24.3 Å². The van der Waals surface area contributed by atoms with Crippen molar-refractivity contribution in [2.75, 3.05) is 0 Å². The molecule has 0 unspecified atom stereocenters. The third-order valence-electron chi connectivity index (χ3n) is 2.46. The van der Waals surface area contributed by atoms with Crippen LogP contribution in [-0.4, -0.2) is 32.4 Å². The zero-order valence-corrected chi connectivity index (χ0v) is 17.0. The summed E-state index contributed by atoms with van der Waals surface area (Å²) in [6.45, 7) is 5.82. The summed E-state index contributed by atoms with van der Waals surface area (Å²) in [6.07, 6.45) is 0. The third-order valence-corrected chi connectivity index (χ3v) is 2.46. The zero-order chi connectivity index (χ0) is 22.3. The van der Waals surface area contributed by atoms with Gasteiger partial charge in [0.05, 0.1) is 0 Å². The topological polar surface area (TPSA) is 174 Å². The summed E-state index contributed by atoms with van der Waals surface area (Å²) < 4.78 is 0. The molecular formula is C18H22CuN2O8. The summed E-state index contributed by atoms with van der Waals surface area (Å²) in [5.41, 5.74) is 2.01. The average Bonchev–Trinajstić information content (AvgIpc) is 2.58. The monoisotopic (exact) mass is 457 g/mol. The smallest absolute Gasteiger partial charge is 0.300 e. The Balaban J connectivity index is -0.000000336. The number of rotatable bonds is 2. The Hall–Kier alpha value is -3.30. The molecule has 2 rings (SSSR count). The maximum absolute atomic E-state index is 9.97. The standard InChI is InChI=1S/2C7H7NO2.2C2H4O2.Cu/c2*1-5-2-3-7(9)6(4-5)8-10;2*1-2(3)4;/h2*2-4,9H,1H3;2*1H3,(H,3,4);. The van der Waals surface area contributed by atoms with E-state index in [2.05, 4.69) is 10.4 Å². The number of hydrogen-bond acceptors (Lipinski definition) is 8. The molecule has 4 N–H and O–H groups in total. The van der Waals surface area contributed by atoms with E-state index < -0.39 is 11.9 Å². The molecule has 0 spiro atoms. The van der Waals surface area contributed by atoms with Gasteiger partial charge in [0, 0.05) is 30.9 Å². The van der Waals surface area contributed by atoms with Gasteiger partial charge >= 0.3 is 0 Å². The van der Waals surface area contributed by atoms with Gasteiger partial charge in [-0.25, -0.2) is 0 Å². The molecule has 29 heavy (non-hydrogen) atoms. The van der Waals surface area contributed by atoms with E-state index in [1.807, 2.05) is 13.8 Å². The van der Waals surface area contributed by atoms with Crippen LogP contribution in [0.4, 0.5) is 11.4 Å². The maximum Gasteiger partial charge on any atom is 0.300 e. The van der Waals surface area contributed by atoms with Gasteiger partial charge in [0.2, 0.25) is 0 Å². The van der Waals surface area contributed by atoms with Crippen LogP contribution in [0.25, 0.3) is 0 Å². The maximum atomic E-state index is 9.97.